The Bertz CT molecular complexity index is 1420. The van der Waals surface area contributed by atoms with Crippen molar-refractivity contribution in [2.45, 2.75) is 38.6 Å². The summed E-state index contributed by atoms with van der Waals surface area (Å²) in [5.74, 6) is 1.99. The van der Waals surface area contributed by atoms with E-state index >= 15 is 0 Å². The molecule has 0 saturated carbocycles. The van der Waals surface area contributed by atoms with Gasteiger partial charge in [0.25, 0.3) is 0 Å². The summed E-state index contributed by atoms with van der Waals surface area (Å²) in [6, 6.07) is 12.7. The number of anilines is 1. The summed E-state index contributed by atoms with van der Waals surface area (Å²) in [4.78, 5) is 12.1. The summed E-state index contributed by atoms with van der Waals surface area (Å²) in [5.41, 5.74) is 14.7. The second kappa shape index (κ2) is 7.27. The fraction of sp³-hybridized carbons (Fsp3) is 0.370. The van der Waals surface area contributed by atoms with Crippen LogP contribution >= 0.6 is 0 Å². The van der Waals surface area contributed by atoms with Gasteiger partial charge in [-0.15, -0.1) is 0 Å². The van der Waals surface area contributed by atoms with Gasteiger partial charge in [0.05, 0.1) is 24.2 Å². The van der Waals surface area contributed by atoms with Gasteiger partial charge < -0.3 is 15.4 Å². The van der Waals surface area contributed by atoms with Gasteiger partial charge in [-0.1, -0.05) is 18.2 Å². The van der Waals surface area contributed by atoms with E-state index in [0.29, 0.717) is 0 Å². The maximum Gasteiger partial charge on any atom is 0.155 e. The lowest BCUT2D eigenvalue weighted by atomic mass is 9.73. The second-order valence-electron chi connectivity index (χ2n) is 9.96. The number of hydrogen-bond acceptors (Lipinski definition) is 6. The molecular weight excluding hydrogens is 424 g/mol. The molecule has 7 rings (SSSR count). The van der Waals surface area contributed by atoms with Crippen LogP contribution in [0.4, 0.5) is 5.82 Å². The molecule has 1 atom stereocenters. The first-order valence-corrected chi connectivity index (χ1v) is 12.2. The lowest BCUT2D eigenvalue weighted by molar-refractivity contribution is 0.187. The van der Waals surface area contributed by atoms with E-state index in [2.05, 4.69) is 47.1 Å². The highest BCUT2D eigenvalue weighted by molar-refractivity contribution is 5.76. The average Bonchev–Trinajstić information content (AvgIpc) is 3.58. The van der Waals surface area contributed by atoms with E-state index < -0.39 is 0 Å². The molecule has 1 spiro atoms. The van der Waals surface area contributed by atoms with Crippen molar-refractivity contribution >= 4 is 11.3 Å². The van der Waals surface area contributed by atoms with Gasteiger partial charge in [-0.05, 0) is 60.9 Å². The molecule has 4 aromatic rings. The predicted molar refractivity (Wildman–Crippen MR) is 131 cm³/mol. The van der Waals surface area contributed by atoms with Crippen LogP contribution in [0.15, 0.2) is 48.8 Å². The molecule has 0 unspecified atom stereocenters. The van der Waals surface area contributed by atoms with E-state index in [0.717, 1.165) is 79.4 Å². The van der Waals surface area contributed by atoms with Crippen molar-refractivity contribution in [2.75, 3.05) is 24.6 Å². The van der Waals surface area contributed by atoms with Crippen LogP contribution in [0.2, 0.25) is 0 Å². The summed E-state index contributed by atoms with van der Waals surface area (Å²) in [6.45, 7) is 4.70. The van der Waals surface area contributed by atoms with Gasteiger partial charge in [-0.3, -0.25) is 4.98 Å². The van der Waals surface area contributed by atoms with E-state index in [9.17, 15) is 0 Å². The van der Waals surface area contributed by atoms with Gasteiger partial charge in [0.1, 0.15) is 11.3 Å². The van der Waals surface area contributed by atoms with Gasteiger partial charge in [-0.2, -0.15) is 5.10 Å². The van der Waals surface area contributed by atoms with Crippen LogP contribution in [0, 0.1) is 12.3 Å². The number of fused-ring (bicyclic) bond motifs is 3. The number of pyridine rings is 1. The third kappa shape index (κ3) is 2.83. The first-order valence-electron chi connectivity index (χ1n) is 12.2. The predicted octanol–water partition coefficient (Wildman–Crippen LogP) is 3.88. The number of benzene rings is 1. The Balaban J connectivity index is 1.21. The third-order valence-corrected chi connectivity index (χ3v) is 8.17. The van der Waals surface area contributed by atoms with E-state index in [1.54, 1.807) is 0 Å². The molecule has 7 heteroatoms. The Labute approximate surface area is 198 Å². The maximum atomic E-state index is 6.76. The van der Waals surface area contributed by atoms with Crippen LogP contribution in [0.5, 0.6) is 5.75 Å². The Hall–Kier alpha value is -3.45. The van der Waals surface area contributed by atoms with Crippen molar-refractivity contribution in [1.29, 1.82) is 0 Å². The van der Waals surface area contributed by atoms with Crippen LogP contribution in [-0.4, -0.2) is 39.3 Å². The molecule has 7 nitrogen and oxygen atoms in total. The number of rotatable bonds is 2. The van der Waals surface area contributed by atoms with Crippen molar-refractivity contribution < 1.29 is 4.74 Å². The highest BCUT2D eigenvalue weighted by atomic mass is 16.5. The standard InChI is InChI=1S/C27H28N6O/c1-17-24(19-5-4-18-7-14-34-23(18)15-19)33-22(6-11-30-33)26(31-17)32-12-8-27(9-13-32)16-21-20(25(27)28)3-2-10-29-21/h2-6,10-11,15,25H,7-9,12-14,16,28H2,1H3/t25-/m1/s1. The summed E-state index contributed by atoms with van der Waals surface area (Å²) in [5, 5.41) is 4.70. The van der Waals surface area contributed by atoms with Gasteiger partial charge >= 0.3 is 0 Å². The van der Waals surface area contributed by atoms with Crippen molar-refractivity contribution in [1.82, 2.24) is 19.6 Å². The smallest absolute Gasteiger partial charge is 0.155 e. The summed E-state index contributed by atoms with van der Waals surface area (Å²) in [7, 11) is 0. The molecule has 1 fully saturated rings. The molecule has 0 amide bonds. The number of nitrogens with zero attached hydrogens (tertiary/aromatic N) is 5. The maximum absolute atomic E-state index is 6.76. The summed E-state index contributed by atoms with van der Waals surface area (Å²) >= 11 is 0. The van der Waals surface area contributed by atoms with Crippen molar-refractivity contribution in [2.24, 2.45) is 11.1 Å². The Morgan fingerprint density at radius 2 is 2.00 bits per heavy atom. The quantitative estimate of drug-likeness (QED) is 0.497. The number of aryl methyl sites for hydroxylation is 1. The molecule has 0 radical (unpaired) electrons. The highest BCUT2D eigenvalue weighted by Crippen LogP contribution is 2.50. The lowest BCUT2D eigenvalue weighted by Gasteiger charge is -2.42. The molecule has 2 aliphatic heterocycles. The molecular formula is C27H28N6O. The van der Waals surface area contributed by atoms with Gasteiger partial charge in [0, 0.05) is 43.0 Å². The topological polar surface area (TPSA) is 81.6 Å². The van der Waals surface area contributed by atoms with Gasteiger partial charge in [0.15, 0.2) is 5.82 Å². The van der Waals surface area contributed by atoms with E-state index in [1.807, 2.05) is 23.0 Å². The average molecular weight is 453 g/mol. The normalized spacial score (nSPS) is 20.5. The second-order valence-corrected chi connectivity index (χ2v) is 9.96. The Morgan fingerprint density at radius 3 is 2.85 bits per heavy atom. The molecule has 3 aromatic heterocycles. The molecule has 5 heterocycles. The minimum atomic E-state index is 0.0624. The molecule has 3 aliphatic rings. The molecule has 0 bridgehead atoms. The van der Waals surface area contributed by atoms with Crippen molar-refractivity contribution in [3.63, 3.8) is 0 Å². The SMILES string of the molecule is Cc1nc(N2CCC3(CC2)Cc2ncccc2[C@H]3N)c2ccnn2c1-c1ccc2c(c1)OCC2. The van der Waals surface area contributed by atoms with Crippen LogP contribution < -0.4 is 15.4 Å². The Kier molecular flexibility index (Phi) is 4.27. The first-order chi connectivity index (χ1) is 16.6. The van der Waals surface area contributed by atoms with Crippen molar-refractivity contribution in [3.8, 4) is 17.0 Å². The third-order valence-electron chi connectivity index (χ3n) is 8.17. The lowest BCUT2D eigenvalue weighted by Crippen LogP contribution is -2.44. The zero-order chi connectivity index (χ0) is 22.9. The highest BCUT2D eigenvalue weighted by Gasteiger charge is 2.46. The number of aromatic nitrogens is 4. The molecule has 1 aromatic carbocycles. The number of nitrogens with two attached hydrogens (primary N) is 1. The fourth-order valence-corrected chi connectivity index (χ4v) is 6.26. The van der Waals surface area contributed by atoms with Gasteiger partial charge in [-0.25, -0.2) is 9.50 Å². The summed E-state index contributed by atoms with van der Waals surface area (Å²) < 4.78 is 7.86. The van der Waals surface area contributed by atoms with E-state index in [-0.39, 0.29) is 11.5 Å². The number of piperidine rings is 1. The summed E-state index contributed by atoms with van der Waals surface area (Å²) in [6.07, 6.45) is 7.78. The fourth-order valence-electron chi connectivity index (χ4n) is 6.26. The molecule has 2 N–H and O–H groups in total. The van der Waals surface area contributed by atoms with E-state index in [4.69, 9.17) is 20.6 Å². The monoisotopic (exact) mass is 452 g/mol. The number of hydrogen-bond donors (Lipinski definition) is 1. The number of ether oxygens (including phenoxy) is 1. The van der Waals surface area contributed by atoms with Crippen molar-refractivity contribution in [3.05, 3.63) is 71.3 Å². The largest absolute Gasteiger partial charge is 0.493 e. The molecule has 1 saturated heterocycles. The van der Waals surface area contributed by atoms with E-state index in [1.165, 1.54) is 16.8 Å². The van der Waals surface area contributed by atoms with Crippen LogP contribution in [0.1, 0.15) is 41.4 Å². The van der Waals surface area contributed by atoms with Gasteiger partial charge in [0.2, 0.25) is 0 Å². The van der Waals surface area contributed by atoms with Crippen LogP contribution in [-0.2, 0) is 12.8 Å². The van der Waals surface area contributed by atoms with Crippen LogP contribution in [0.3, 0.4) is 0 Å². The first kappa shape index (κ1) is 20.0. The molecule has 1 aliphatic carbocycles. The van der Waals surface area contributed by atoms with Crippen LogP contribution in [0.25, 0.3) is 16.8 Å². The molecule has 172 valence electrons. The zero-order valence-electron chi connectivity index (χ0n) is 19.4. The minimum Gasteiger partial charge on any atom is -0.493 e. The minimum absolute atomic E-state index is 0.0624. The Morgan fingerprint density at radius 1 is 1.12 bits per heavy atom. The zero-order valence-corrected chi connectivity index (χ0v) is 19.4. The molecule has 34 heavy (non-hydrogen) atoms.